The Morgan fingerprint density at radius 3 is 2.68 bits per heavy atom. The van der Waals surface area contributed by atoms with Gasteiger partial charge in [-0.1, -0.05) is 19.1 Å². The summed E-state index contributed by atoms with van der Waals surface area (Å²) in [6.07, 6.45) is 1.92. The third-order valence-electron chi connectivity index (χ3n) is 3.74. The Labute approximate surface area is 114 Å². The molecule has 2 rings (SSSR count). The quantitative estimate of drug-likeness (QED) is 0.909. The van der Waals surface area contributed by atoms with Crippen molar-refractivity contribution in [2.75, 3.05) is 26.3 Å². The van der Waals surface area contributed by atoms with Crippen LogP contribution in [0.1, 0.15) is 31.4 Å². The van der Waals surface area contributed by atoms with Crippen LogP contribution in [-0.2, 0) is 4.74 Å². The van der Waals surface area contributed by atoms with Gasteiger partial charge in [0.05, 0.1) is 6.61 Å². The number of halogens is 1. The van der Waals surface area contributed by atoms with Crippen LogP contribution < -0.4 is 5.73 Å². The Balaban J connectivity index is 2.21. The molecule has 1 saturated heterocycles. The van der Waals surface area contributed by atoms with E-state index in [4.69, 9.17) is 10.5 Å². The van der Waals surface area contributed by atoms with Crippen molar-refractivity contribution in [3.8, 4) is 0 Å². The second-order valence-electron chi connectivity index (χ2n) is 5.07. The minimum absolute atomic E-state index is 0.0589. The van der Waals surface area contributed by atoms with E-state index in [1.54, 1.807) is 0 Å². The van der Waals surface area contributed by atoms with E-state index in [2.05, 4.69) is 11.8 Å². The lowest BCUT2D eigenvalue weighted by atomic mass is 9.96. The summed E-state index contributed by atoms with van der Waals surface area (Å²) in [6, 6.07) is 6.93. The van der Waals surface area contributed by atoms with Crippen molar-refractivity contribution in [3.63, 3.8) is 0 Å². The molecule has 106 valence electrons. The van der Waals surface area contributed by atoms with E-state index in [1.165, 1.54) is 12.1 Å². The van der Waals surface area contributed by atoms with Gasteiger partial charge in [0.15, 0.2) is 0 Å². The molecule has 1 aliphatic heterocycles. The zero-order valence-corrected chi connectivity index (χ0v) is 11.5. The van der Waals surface area contributed by atoms with Gasteiger partial charge in [-0.15, -0.1) is 0 Å². The van der Waals surface area contributed by atoms with Crippen molar-refractivity contribution < 1.29 is 9.13 Å². The highest BCUT2D eigenvalue weighted by Gasteiger charge is 2.26. The van der Waals surface area contributed by atoms with Crippen molar-refractivity contribution in [3.05, 3.63) is 35.6 Å². The molecule has 1 aliphatic rings. The Hall–Kier alpha value is -0.970. The molecule has 2 atom stereocenters. The Morgan fingerprint density at radius 2 is 2.00 bits per heavy atom. The summed E-state index contributed by atoms with van der Waals surface area (Å²) in [7, 11) is 0. The maximum Gasteiger partial charge on any atom is 0.123 e. The molecule has 0 radical (unpaired) electrons. The molecule has 1 fully saturated rings. The highest BCUT2D eigenvalue weighted by atomic mass is 19.1. The van der Waals surface area contributed by atoms with E-state index in [9.17, 15) is 4.39 Å². The van der Waals surface area contributed by atoms with E-state index in [0.717, 1.165) is 44.7 Å². The molecular weight excluding hydrogens is 243 g/mol. The van der Waals surface area contributed by atoms with Crippen molar-refractivity contribution in [1.82, 2.24) is 4.90 Å². The van der Waals surface area contributed by atoms with Gasteiger partial charge in [0.1, 0.15) is 5.82 Å². The zero-order chi connectivity index (χ0) is 13.7. The molecule has 0 aliphatic carbocycles. The summed E-state index contributed by atoms with van der Waals surface area (Å²) < 4.78 is 18.6. The highest BCUT2D eigenvalue weighted by molar-refractivity contribution is 5.21. The second-order valence-corrected chi connectivity index (χ2v) is 5.07. The molecule has 0 aromatic heterocycles. The molecular formula is C15H23FN2O. The molecule has 2 N–H and O–H groups in total. The van der Waals surface area contributed by atoms with Crippen molar-refractivity contribution in [2.45, 2.75) is 31.8 Å². The van der Waals surface area contributed by atoms with Crippen LogP contribution in [0, 0.1) is 5.82 Å². The minimum atomic E-state index is -0.202. The molecule has 0 bridgehead atoms. The van der Waals surface area contributed by atoms with E-state index >= 15 is 0 Å². The smallest absolute Gasteiger partial charge is 0.123 e. The maximum absolute atomic E-state index is 13.1. The fraction of sp³-hybridized carbons (Fsp3) is 0.600. The molecule has 0 spiro atoms. The van der Waals surface area contributed by atoms with Crippen molar-refractivity contribution in [1.29, 1.82) is 0 Å². The van der Waals surface area contributed by atoms with Gasteiger partial charge in [-0.05, 0) is 30.5 Å². The van der Waals surface area contributed by atoms with Gasteiger partial charge < -0.3 is 10.5 Å². The summed E-state index contributed by atoms with van der Waals surface area (Å²) in [5.74, 6) is -0.202. The first-order valence-electron chi connectivity index (χ1n) is 7.05. The Morgan fingerprint density at radius 1 is 1.26 bits per heavy atom. The molecule has 1 heterocycles. The molecule has 2 unspecified atom stereocenters. The molecule has 1 aromatic carbocycles. The van der Waals surface area contributed by atoms with E-state index in [1.807, 2.05) is 12.1 Å². The first kappa shape index (κ1) is 14.4. The lowest BCUT2D eigenvalue weighted by Gasteiger charge is -2.34. The van der Waals surface area contributed by atoms with Gasteiger partial charge in [0.25, 0.3) is 0 Å². The maximum atomic E-state index is 13.1. The lowest BCUT2D eigenvalue weighted by Crippen LogP contribution is -2.42. The zero-order valence-electron chi connectivity index (χ0n) is 11.5. The fourth-order valence-corrected chi connectivity index (χ4v) is 2.66. The third kappa shape index (κ3) is 3.75. The SMILES string of the molecule is CCC(N)C(c1ccc(F)cc1)N1CCCOCC1. The summed E-state index contributed by atoms with van der Waals surface area (Å²) in [5.41, 5.74) is 7.39. The van der Waals surface area contributed by atoms with Gasteiger partial charge >= 0.3 is 0 Å². The number of hydrogen-bond acceptors (Lipinski definition) is 3. The molecule has 0 amide bonds. The first-order chi connectivity index (χ1) is 9.22. The second kappa shape index (κ2) is 6.98. The summed E-state index contributed by atoms with van der Waals surface area (Å²) in [6.45, 7) is 5.52. The first-order valence-corrected chi connectivity index (χ1v) is 7.05. The number of ether oxygens (including phenoxy) is 1. The summed E-state index contributed by atoms with van der Waals surface area (Å²) in [4.78, 5) is 2.37. The Kier molecular flexibility index (Phi) is 5.31. The van der Waals surface area contributed by atoms with Crippen LogP contribution in [0.15, 0.2) is 24.3 Å². The van der Waals surface area contributed by atoms with Gasteiger partial charge in [-0.25, -0.2) is 4.39 Å². The number of rotatable bonds is 4. The fourth-order valence-electron chi connectivity index (χ4n) is 2.66. The number of nitrogens with two attached hydrogens (primary N) is 1. The van der Waals surface area contributed by atoms with Crippen LogP contribution in [0.25, 0.3) is 0 Å². The van der Waals surface area contributed by atoms with Crippen molar-refractivity contribution in [2.24, 2.45) is 5.73 Å². The van der Waals surface area contributed by atoms with Gasteiger partial charge in [-0.3, -0.25) is 4.90 Å². The minimum Gasteiger partial charge on any atom is -0.380 e. The van der Waals surface area contributed by atoms with E-state index in [0.29, 0.717) is 0 Å². The molecule has 4 heteroatoms. The topological polar surface area (TPSA) is 38.5 Å². The average Bonchev–Trinajstić information content (AvgIpc) is 2.70. The lowest BCUT2D eigenvalue weighted by molar-refractivity contribution is 0.125. The average molecular weight is 266 g/mol. The molecule has 19 heavy (non-hydrogen) atoms. The van der Waals surface area contributed by atoms with Crippen molar-refractivity contribution >= 4 is 0 Å². The largest absolute Gasteiger partial charge is 0.380 e. The van der Waals surface area contributed by atoms with Gasteiger partial charge in [-0.2, -0.15) is 0 Å². The molecule has 0 saturated carbocycles. The van der Waals surface area contributed by atoms with Crippen LogP contribution in [-0.4, -0.2) is 37.2 Å². The number of benzene rings is 1. The van der Waals surface area contributed by atoms with Gasteiger partial charge in [0, 0.05) is 31.8 Å². The number of hydrogen-bond donors (Lipinski definition) is 1. The summed E-state index contributed by atoms with van der Waals surface area (Å²) in [5, 5.41) is 0. The number of nitrogens with zero attached hydrogens (tertiary/aromatic N) is 1. The van der Waals surface area contributed by atoms with Gasteiger partial charge in [0.2, 0.25) is 0 Å². The van der Waals surface area contributed by atoms with Crippen LogP contribution in [0.3, 0.4) is 0 Å². The third-order valence-corrected chi connectivity index (χ3v) is 3.74. The summed E-state index contributed by atoms with van der Waals surface area (Å²) >= 11 is 0. The van der Waals surface area contributed by atoms with E-state index in [-0.39, 0.29) is 17.9 Å². The van der Waals surface area contributed by atoms with E-state index < -0.39 is 0 Å². The molecule has 1 aromatic rings. The van der Waals surface area contributed by atoms with Crippen LogP contribution in [0.2, 0.25) is 0 Å². The van der Waals surface area contributed by atoms with Crippen LogP contribution in [0.5, 0.6) is 0 Å². The highest BCUT2D eigenvalue weighted by Crippen LogP contribution is 2.26. The predicted octanol–water partition coefficient (Wildman–Crippen LogP) is 2.33. The standard InChI is InChI=1S/C15H23FN2O/c1-2-14(17)15(12-4-6-13(16)7-5-12)18-8-3-10-19-11-9-18/h4-7,14-15H,2-3,8-11,17H2,1H3. The monoisotopic (exact) mass is 266 g/mol. The normalized spacial score (nSPS) is 20.8. The molecule has 3 nitrogen and oxygen atoms in total. The van der Waals surface area contributed by atoms with Crippen LogP contribution in [0.4, 0.5) is 4.39 Å². The predicted molar refractivity (Wildman–Crippen MR) is 74.4 cm³/mol. The Bertz CT molecular complexity index is 374. The van der Waals surface area contributed by atoms with Crippen LogP contribution >= 0.6 is 0 Å².